The van der Waals surface area contributed by atoms with Crippen molar-refractivity contribution < 1.29 is 9.52 Å². The number of rotatable bonds is 7. The van der Waals surface area contributed by atoms with Crippen molar-refractivity contribution in [2.24, 2.45) is 0 Å². The van der Waals surface area contributed by atoms with Crippen LogP contribution in [-0.2, 0) is 19.6 Å². The predicted octanol–water partition coefficient (Wildman–Crippen LogP) is 2.50. The summed E-state index contributed by atoms with van der Waals surface area (Å²) in [4.78, 5) is 5.53. The molecule has 7 heteroatoms. The Hall–Kier alpha value is -1.96. The van der Waals surface area contributed by atoms with Gasteiger partial charge in [0.15, 0.2) is 0 Å². The Balaban J connectivity index is 1.60. The molecule has 0 bridgehead atoms. The van der Waals surface area contributed by atoms with E-state index in [1.54, 1.807) is 17.6 Å². The van der Waals surface area contributed by atoms with Crippen molar-refractivity contribution in [1.82, 2.24) is 20.1 Å². The highest BCUT2D eigenvalue weighted by Gasteiger charge is 2.12. The Morgan fingerprint density at radius 1 is 1.35 bits per heavy atom. The zero-order chi connectivity index (χ0) is 16.2. The molecule has 0 radical (unpaired) electrons. The molecule has 3 aromatic rings. The Kier molecular flexibility index (Phi) is 4.90. The molecule has 0 aliphatic rings. The number of hydrogen-bond acceptors (Lipinski definition) is 6. The molecule has 0 aliphatic heterocycles. The SMILES string of the molecule is Cc1nn(CCO)c(C)c1CNCc1coc(-c2cccs2)n1. The van der Waals surface area contributed by atoms with Gasteiger partial charge in [0.2, 0.25) is 5.89 Å². The number of hydrogen-bond donors (Lipinski definition) is 2. The number of thiophene rings is 1. The number of aromatic nitrogens is 3. The summed E-state index contributed by atoms with van der Waals surface area (Å²) in [6.45, 7) is 5.99. The van der Waals surface area contributed by atoms with Crippen molar-refractivity contribution in [1.29, 1.82) is 0 Å². The Bertz CT molecular complexity index is 761. The summed E-state index contributed by atoms with van der Waals surface area (Å²) < 4.78 is 7.35. The molecule has 0 aliphatic carbocycles. The summed E-state index contributed by atoms with van der Waals surface area (Å²) in [5.41, 5.74) is 4.12. The van der Waals surface area contributed by atoms with Gasteiger partial charge in [-0.1, -0.05) is 6.07 Å². The van der Waals surface area contributed by atoms with Crippen LogP contribution >= 0.6 is 11.3 Å². The maximum absolute atomic E-state index is 9.06. The van der Waals surface area contributed by atoms with Crippen molar-refractivity contribution in [2.75, 3.05) is 6.61 Å². The van der Waals surface area contributed by atoms with Gasteiger partial charge in [-0.05, 0) is 25.3 Å². The van der Waals surface area contributed by atoms with Crippen LogP contribution in [0, 0.1) is 13.8 Å². The summed E-state index contributed by atoms with van der Waals surface area (Å²) in [6, 6.07) is 3.98. The highest BCUT2D eigenvalue weighted by Crippen LogP contribution is 2.23. The average molecular weight is 332 g/mol. The molecule has 0 atom stereocenters. The average Bonchev–Trinajstić information content (AvgIpc) is 3.24. The van der Waals surface area contributed by atoms with E-state index in [1.807, 2.05) is 36.0 Å². The van der Waals surface area contributed by atoms with E-state index in [-0.39, 0.29) is 6.61 Å². The fraction of sp³-hybridized carbons (Fsp3) is 0.375. The number of oxazole rings is 1. The minimum Gasteiger partial charge on any atom is -0.444 e. The van der Waals surface area contributed by atoms with Crippen LogP contribution in [-0.4, -0.2) is 26.5 Å². The van der Waals surface area contributed by atoms with Crippen molar-refractivity contribution >= 4 is 11.3 Å². The van der Waals surface area contributed by atoms with Gasteiger partial charge in [-0.15, -0.1) is 11.3 Å². The van der Waals surface area contributed by atoms with Crippen LogP contribution in [0.1, 0.15) is 22.6 Å². The van der Waals surface area contributed by atoms with Gasteiger partial charge >= 0.3 is 0 Å². The quantitative estimate of drug-likeness (QED) is 0.695. The van der Waals surface area contributed by atoms with Gasteiger partial charge in [0.1, 0.15) is 6.26 Å². The van der Waals surface area contributed by atoms with E-state index in [9.17, 15) is 0 Å². The molecule has 0 saturated heterocycles. The fourth-order valence-corrected chi connectivity index (χ4v) is 3.17. The van der Waals surface area contributed by atoms with Gasteiger partial charge in [-0.25, -0.2) is 4.98 Å². The van der Waals surface area contributed by atoms with Crippen molar-refractivity contribution in [2.45, 2.75) is 33.5 Å². The lowest BCUT2D eigenvalue weighted by Crippen LogP contribution is -2.14. The van der Waals surface area contributed by atoms with Crippen LogP contribution < -0.4 is 5.32 Å². The molecule has 0 saturated carbocycles. The number of aliphatic hydroxyl groups is 1. The molecular weight excluding hydrogens is 312 g/mol. The largest absolute Gasteiger partial charge is 0.444 e. The maximum Gasteiger partial charge on any atom is 0.236 e. The normalized spacial score (nSPS) is 11.3. The van der Waals surface area contributed by atoms with Gasteiger partial charge in [0.25, 0.3) is 0 Å². The van der Waals surface area contributed by atoms with Crippen LogP contribution in [0.2, 0.25) is 0 Å². The first-order valence-corrected chi connectivity index (χ1v) is 8.39. The monoisotopic (exact) mass is 332 g/mol. The summed E-state index contributed by atoms with van der Waals surface area (Å²) in [7, 11) is 0. The molecule has 0 amide bonds. The highest BCUT2D eigenvalue weighted by atomic mass is 32.1. The zero-order valence-corrected chi connectivity index (χ0v) is 14.1. The lowest BCUT2D eigenvalue weighted by Gasteiger charge is -2.04. The van der Waals surface area contributed by atoms with Crippen LogP contribution in [0.25, 0.3) is 10.8 Å². The predicted molar refractivity (Wildman–Crippen MR) is 89.1 cm³/mol. The molecule has 23 heavy (non-hydrogen) atoms. The maximum atomic E-state index is 9.06. The zero-order valence-electron chi connectivity index (χ0n) is 13.2. The second-order valence-electron chi connectivity index (χ2n) is 5.32. The van der Waals surface area contributed by atoms with E-state index in [0.29, 0.717) is 25.5 Å². The first-order chi connectivity index (χ1) is 11.2. The molecule has 0 spiro atoms. The van der Waals surface area contributed by atoms with Gasteiger partial charge in [-0.3, -0.25) is 4.68 Å². The standard InChI is InChI=1S/C16H20N4O2S/c1-11-14(12(2)20(19-11)5-6-21)9-17-8-13-10-22-16(18-13)15-4-3-7-23-15/h3-4,7,10,17,21H,5-6,8-9H2,1-2H3. The van der Waals surface area contributed by atoms with Gasteiger partial charge in [0.05, 0.1) is 29.4 Å². The van der Waals surface area contributed by atoms with Gasteiger partial charge in [-0.2, -0.15) is 5.10 Å². The van der Waals surface area contributed by atoms with Crippen LogP contribution in [0.15, 0.2) is 28.2 Å². The van der Waals surface area contributed by atoms with Crippen molar-refractivity contribution in [3.8, 4) is 10.8 Å². The molecule has 122 valence electrons. The van der Waals surface area contributed by atoms with Crippen LogP contribution in [0.3, 0.4) is 0 Å². The Morgan fingerprint density at radius 2 is 2.22 bits per heavy atom. The molecule has 0 aromatic carbocycles. The third-order valence-electron chi connectivity index (χ3n) is 3.73. The van der Waals surface area contributed by atoms with E-state index in [2.05, 4.69) is 15.4 Å². The molecule has 3 aromatic heterocycles. The van der Waals surface area contributed by atoms with E-state index >= 15 is 0 Å². The van der Waals surface area contributed by atoms with E-state index in [4.69, 9.17) is 9.52 Å². The molecule has 2 N–H and O–H groups in total. The van der Waals surface area contributed by atoms with Gasteiger partial charge < -0.3 is 14.8 Å². The summed E-state index contributed by atoms with van der Waals surface area (Å²) in [5.74, 6) is 0.667. The lowest BCUT2D eigenvalue weighted by molar-refractivity contribution is 0.267. The number of nitrogens with zero attached hydrogens (tertiary/aromatic N) is 3. The molecule has 3 rings (SSSR count). The van der Waals surface area contributed by atoms with Crippen LogP contribution in [0.4, 0.5) is 0 Å². The topological polar surface area (TPSA) is 76.1 Å². The van der Waals surface area contributed by atoms with Crippen molar-refractivity contribution in [3.05, 3.63) is 46.4 Å². The van der Waals surface area contributed by atoms with E-state index in [1.165, 1.54) is 5.56 Å². The minimum atomic E-state index is 0.0965. The number of nitrogens with one attached hydrogen (secondary N) is 1. The third kappa shape index (κ3) is 3.52. The first-order valence-electron chi connectivity index (χ1n) is 7.51. The summed E-state index contributed by atoms with van der Waals surface area (Å²) in [5, 5.41) is 18.9. The number of aryl methyl sites for hydroxylation is 1. The molecule has 6 nitrogen and oxygen atoms in total. The van der Waals surface area contributed by atoms with Crippen LogP contribution in [0.5, 0.6) is 0 Å². The lowest BCUT2D eigenvalue weighted by atomic mass is 10.2. The molecule has 3 heterocycles. The third-order valence-corrected chi connectivity index (χ3v) is 4.59. The number of aliphatic hydroxyl groups excluding tert-OH is 1. The molecule has 0 fully saturated rings. The molecule has 0 unspecified atom stereocenters. The summed E-state index contributed by atoms with van der Waals surface area (Å²) in [6.07, 6.45) is 1.69. The first kappa shape index (κ1) is 15.9. The van der Waals surface area contributed by atoms with Gasteiger partial charge in [0, 0.05) is 24.3 Å². The minimum absolute atomic E-state index is 0.0965. The summed E-state index contributed by atoms with van der Waals surface area (Å²) >= 11 is 1.61. The molecular formula is C16H20N4O2S. The van der Waals surface area contributed by atoms with E-state index < -0.39 is 0 Å². The second-order valence-corrected chi connectivity index (χ2v) is 6.27. The van der Waals surface area contributed by atoms with E-state index in [0.717, 1.165) is 22.0 Å². The van der Waals surface area contributed by atoms with Crippen molar-refractivity contribution in [3.63, 3.8) is 0 Å². The Labute approximate surface area is 138 Å². The Morgan fingerprint density at radius 3 is 2.96 bits per heavy atom. The second kappa shape index (κ2) is 7.08. The smallest absolute Gasteiger partial charge is 0.236 e. The fourth-order valence-electron chi connectivity index (χ4n) is 2.52. The highest BCUT2D eigenvalue weighted by molar-refractivity contribution is 7.13.